The molecule has 122 valence electrons. The van der Waals surface area contributed by atoms with Gasteiger partial charge in [-0.05, 0) is 37.1 Å². The summed E-state index contributed by atoms with van der Waals surface area (Å²) in [5, 5.41) is 11.0. The number of nitrogens with zero attached hydrogens (tertiary/aromatic N) is 3. The van der Waals surface area contributed by atoms with Gasteiger partial charge < -0.3 is 9.67 Å². The maximum absolute atomic E-state index is 10.1. The molecule has 25 heavy (non-hydrogen) atoms. The van der Waals surface area contributed by atoms with Crippen LogP contribution in [0.5, 0.6) is 5.75 Å². The van der Waals surface area contributed by atoms with Gasteiger partial charge in [0.15, 0.2) is 5.82 Å². The first kappa shape index (κ1) is 17.5. The zero-order valence-electron chi connectivity index (χ0n) is 13.8. The second-order valence-electron chi connectivity index (χ2n) is 6.08. The summed E-state index contributed by atoms with van der Waals surface area (Å²) in [5.41, 5.74) is 4.70. The van der Waals surface area contributed by atoms with Crippen LogP contribution >= 0.6 is 0 Å². The van der Waals surface area contributed by atoms with Gasteiger partial charge >= 0.3 is 18.9 Å². The van der Waals surface area contributed by atoms with Gasteiger partial charge in [-0.15, -0.1) is 0 Å². The predicted molar refractivity (Wildman–Crippen MR) is 104 cm³/mol. The Morgan fingerprint density at radius 3 is 2.56 bits per heavy atom. The Labute approximate surface area is 158 Å². The number of hydrogen-bond acceptors (Lipinski definition) is 3. The normalized spacial score (nSPS) is 11.0. The van der Waals surface area contributed by atoms with Crippen molar-refractivity contribution >= 4 is 40.8 Å². The topological polar surface area (TPSA) is 50.9 Å². The summed E-state index contributed by atoms with van der Waals surface area (Å²) in [7, 11) is 0. The average molecular weight is 325 g/mol. The molecular formula is C20H20LiN3O. The molecule has 0 saturated carbocycles. The van der Waals surface area contributed by atoms with Crippen LogP contribution in [0.4, 0.5) is 0 Å². The van der Waals surface area contributed by atoms with Gasteiger partial charge in [0.1, 0.15) is 17.0 Å². The van der Waals surface area contributed by atoms with E-state index >= 15 is 0 Å². The molecule has 2 heterocycles. The third-order valence-corrected chi connectivity index (χ3v) is 4.36. The number of pyridine rings is 1. The summed E-state index contributed by atoms with van der Waals surface area (Å²) >= 11 is 0. The Kier molecular flexibility index (Phi) is 4.85. The van der Waals surface area contributed by atoms with Crippen LogP contribution in [0, 0.1) is 6.92 Å². The van der Waals surface area contributed by atoms with Crippen LogP contribution in [-0.4, -0.2) is 38.5 Å². The molecule has 0 spiro atoms. The van der Waals surface area contributed by atoms with Crippen molar-refractivity contribution in [3.8, 4) is 17.3 Å². The molecule has 0 aliphatic heterocycles. The van der Waals surface area contributed by atoms with Crippen molar-refractivity contribution in [2.75, 3.05) is 0 Å². The minimum atomic E-state index is 0. The van der Waals surface area contributed by atoms with Crippen molar-refractivity contribution in [2.45, 2.75) is 26.8 Å². The number of hydrogen-bond donors (Lipinski definition) is 1. The van der Waals surface area contributed by atoms with Crippen LogP contribution < -0.4 is 0 Å². The van der Waals surface area contributed by atoms with Crippen molar-refractivity contribution in [1.82, 2.24) is 14.5 Å². The average Bonchev–Trinajstić information content (AvgIpc) is 2.96. The van der Waals surface area contributed by atoms with Crippen molar-refractivity contribution < 1.29 is 5.11 Å². The van der Waals surface area contributed by atoms with E-state index in [1.807, 2.05) is 24.3 Å². The third-order valence-electron chi connectivity index (χ3n) is 4.36. The molecule has 2 aromatic carbocycles. The first-order valence-corrected chi connectivity index (χ1v) is 8.24. The molecule has 0 saturated heterocycles. The predicted octanol–water partition coefficient (Wildman–Crippen LogP) is 4.03. The summed E-state index contributed by atoms with van der Waals surface area (Å²) in [6, 6.07) is 15.7. The Morgan fingerprint density at radius 1 is 0.960 bits per heavy atom. The summed E-state index contributed by atoms with van der Waals surface area (Å²) in [6.45, 7) is 5.12. The Hall–Kier alpha value is -2.28. The summed E-state index contributed by atoms with van der Waals surface area (Å²) in [5.74, 6) is 1.05. The van der Waals surface area contributed by atoms with Crippen LogP contribution in [0.1, 0.15) is 18.9 Å². The second-order valence-corrected chi connectivity index (χ2v) is 6.08. The number of benzene rings is 2. The molecule has 2 aromatic heterocycles. The number of aromatic hydroxyl groups is 1. The molecule has 0 aliphatic carbocycles. The van der Waals surface area contributed by atoms with Crippen LogP contribution in [0.2, 0.25) is 0 Å². The van der Waals surface area contributed by atoms with Gasteiger partial charge in [0, 0.05) is 11.9 Å². The van der Waals surface area contributed by atoms with Crippen LogP contribution in [0.25, 0.3) is 33.5 Å². The fourth-order valence-electron chi connectivity index (χ4n) is 3.19. The number of imidazole rings is 1. The van der Waals surface area contributed by atoms with Gasteiger partial charge in [-0.2, -0.15) is 0 Å². The van der Waals surface area contributed by atoms with Gasteiger partial charge in [0.05, 0.1) is 11.0 Å². The molecule has 1 N–H and O–H groups in total. The Morgan fingerprint density at radius 2 is 1.76 bits per heavy atom. The van der Waals surface area contributed by atoms with E-state index in [0.29, 0.717) is 5.52 Å². The van der Waals surface area contributed by atoms with E-state index in [2.05, 4.69) is 41.6 Å². The molecule has 0 bridgehead atoms. The van der Waals surface area contributed by atoms with Gasteiger partial charge in [-0.25, -0.2) is 9.97 Å². The van der Waals surface area contributed by atoms with Crippen LogP contribution in [-0.2, 0) is 6.54 Å². The minimum absolute atomic E-state index is 0. The number of fused-ring (bicyclic) bond motifs is 2. The molecule has 4 aromatic rings. The quantitative estimate of drug-likeness (QED) is 0.579. The van der Waals surface area contributed by atoms with Gasteiger partial charge in [0.25, 0.3) is 0 Å². The number of aryl methyl sites for hydroxylation is 2. The maximum atomic E-state index is 10.1. The molecule has 0 radical (unpaired) electrons. The molecule has 5 heteroatoms. The second kappa shape index (κ2) is 6.91. The Balaban J connectivity index is 0.00000182. The van der Waals surface area contributed by atoms with E-state index in [0.717, 1.165) is 46.5 Å². The number of rotatable bonds is 3. The molecule has 0 fully saturated rings. The van der Waals surface area contributed by atoms with Crippen molar-refractivity contribution in [3.63, 3.8) is 0 Å². The van der Waals surface area contributed by atoms with Crippen molar-refractivity contribution in [1.29, 1.82) is 0 Å². The standard InChI is InChI=1S/C20H19N3O.Li.H/c1-3-12-23-16-8-4-6-13(2)18(16)22-20(23)15-11-10-14-7-5-9-17(24)19(14)21-15;;/h4-11,24H,3,12H2,1-2H3;;. The monoisotopic (exact) mass is 325 g/mol. The van der Waals surface area contributed by atoms with E-state index < -0.39 is 0 Å². The van der Waals surface area contributed by atoms with Gasteiger partial charge in [0.2, 0.25) is 0 Å². The molecule has 4 nitrogen and oxygen atoms in total. The first-order valence-electron chi connectivity index (χ1n) is 8.24. The molecule has 0 atom stereocenters. The van der Waals surface area contributed by atoms with E-state index in [9.17, 15) is 5.11 Å². The summed E-state index contributed by atoms with van der Waals surface area (Å²) < 4.78 is 2.22. The SMILES string of the molecule is CCCn1c(-c2ccc3cccc(O)c3n2)nc2c(C)cccc21.[LiH]. The van der Waals surface area contributed by atoms with Crippen LogP contribution in [0.15, 0.2) is 48.5 Å². The fraction of sp³-hybridized carbons (Fsp3) is 0.200. The van der Waals surface area contributed by atoms with E-state index in [-0.39, 0.29) is 24.6 Å². The van der Waals surface area contributed by atoms with Gasteiger partial charge in [-0.1, -0.05) is 37.3 Å². The number of phenols is 1. The van der Waals surface area contributed by atoms with Crippen LogP contribution in [0.3, 0.4) is 0 Å². The van der Waals surface area contributed by atoms with Crippen molar-refractivity contribution in [3.05, 3.63) is 54.1 Å². The molecule has 0 unspecified atom stereocenters. The first-order chi connectivity index (χ1) is 11.7. The third kappa shape index (κ3) is 2.93. The molecule has 0 aliphatic rings. The number of phenolic OH excluding ortho intramolecular Hbond substituents is 1. The van der Waals surface area contributed by atoms with E-state index in [4.69, 9.17) is 4.98 Å². The zero-order chi connectivity index (χ0) is 16.7. The molecular weight excluding hydrogens is 305 g/mol. The fourth-order valence-corrected chi connectivity index (χ4v) is 3.19. The van der Waals surface area contributed by atoms with Crippen molar-refractivity contribution in [2.24, 2.45) is 0 Å². The summed E-state index contributed by atoms with van der Waals surface area (Å²) in [6.07, 6.45) is 1.02. The molecule has 0 amide bonds. The summed E-state index contributed by atoms with van der Waals surface area (Å²) in [4.78, 5) is 9.54. The van der Waals surface area contributed by atoms with E-state index in [1.165, 1.54) is 0 Å². The Bertz CT molecular complexity index is 1060. The molecule has 4 rings (SSSR count). The number of aromatic nitrogens is 3. The number of para-hydroxylation sites is 2. The zero-order valence-corrected chi connectivity index (χ0v) is 13.8. The van der Waals surface area contributed by atoms with E-state index in [1.54, 1.807) is 6.07 Å². The van der Waals surface area contributed by atoms with Gasteiger partial charge in [-0.3, -0.25) is 0 Å².